The third-order valence-corrected chi connectivity index (χ3v) is 16.0. The van der Waals surface area contributed by atoms with E-state index in [0.29, 0.717) is 36.1 Å². The fraction of sp³-hybridized carbons (Fsp3) is 0.500. The topological polar surface area (TPSA) is 43.9 Å². The molecule has 2 amide bonds. The second kappa shape index (κ2) is 23.6. The highest BCUT2D eigenvalue weighted by atomic mass is 32.2. The summed E-state index contributed by atoms with van der Waals surface area (Å²) in [5.41, 5.74) is 12.0. The van der Waals surface area contributed by atoms with Gasteiger partial charge in [0.15, 0.2) is 0 Å². The van der Waals surface area contributed by atoms with Crippen LogP contribution in [0.2, 0.25) is 0 Å². The minimum absolute atomic E-state index is 0.0369. The van der Waals surface area contributed by atoms with Crippen LogP contribution in [0.4, 0.5) is 22.7 Å². The van der Waals surface area contributed by atoms with Crippen molar-refractivity contribution in [2.45, 2.75) is 181 Å². The Balaban J connectivity index is 1.25. The average Bonchev–Trinajstić information content (AvgIpc) is 3.76. The molecule has 0 saturated heterocycles. The van der Waals surface area contributed by atoms with Crippen molar-refractivity contribution < 1.29 is 9.59 Å². The normalized spacial score (nSPS) is 16.7. The number of rotatable bonds is 22. The molecule has 0 bridgehead atoms. The molecular weight excluding hydrogens is 875 g/mol. The molecule has 3 aliphatic rings. The minimum atomic E-state index is -0.0826. The number of amides is 2. The minimum Gasteiger partial charge on any atom is -0.340 e. The second-order valence-corrected chi connectivity index (χ2v) is 23.8. The molecule has 7 rings (SSSR count). The number of nitrogens with zero attached hydrogens (tertiary/aromatic N) is 3. The van der Waals surface area contributed by atoms with Crippen molar-refractivity contribution in [1.29, 1.82) is 0 Å². The lowest BCUT2D eigenvalue weighted by molar-refractivity contribution is -0.114. The van der Waals surface area contributed by atoms with Gasteiger partial charge in [-0.1, -0.05) is 219 Å². The van der Waals surface area contributed by atoms with Crippen molar-refractivity contribution in [3.05, 3.63) is 112 Å². The van der Waals surface area contributed by atoms with Gasteiger partial charge in [0.2, 0.25) is 0 Å². The molecule has 2 unspecified atom stereocenters. The lowest BCUT2D eigenvalue weighted by atomic mass is 9.85. The van der Waals surface area contributed by atoms with Crippen LogP contribution in [0.15, 0.2) is 88.7 Å². The summed E-state index contributed by atoms with van der Waals surface area (Å²) in [7, 11) is 0. The summed E-state index contributed by atoms with van der Waals surface area (Å²) < 4.78 is 0. The van der Waals surface area contributed by atoms with Crippen LogP contribution in [0.3, 0.4) is 0 Å². The van der Waals surface area contributed by atoms with Crippen LogP contribution >= 0.6 is 11.8 Å². The first-order valence-corrected chi connectivity index (χ1v) is 28.2. The largest absolute Gasteiger partial charge is 0.340 e. The standard InChI is InChI=1S/C64H85N3O2S/c1-12-17-20-21-22-23-38-65-53-34-29-48(40-57(53)70-58-41-49(30-35-54(58)65)36-37-63(6,7)8)27-26-47-28-32-51-55(39-47)66(43-45(15-4)24-18-13-2)61(68)59(51)60-52-33-31-50(64(9,10)11)42-56(52)67(62(60)69)44-46(16-5)25-19-14-3/h26-37,39-42,45-46H,12-25,38,43-44H2,1-11H3. The van der Waals surface area contributed by atoms with E-state index in [9.17, 15) is 0 Å². The number of allylic oxidation sites excluding steroid dienone is 1. The summed E-state index contributed by atoms with van der Waals surface area (Å²) in [6.45, 7) is 27.0. The molecule has 0 N–H and O–H groups in total. The molecule has 6 heteroatoms. The van der Waals surface area contributed by atoms with Gasteiger partial charge in [0.1, 0.15) is 0 Å². The molecule has 0 saturated carbocycles. The highest BCUT2D eigenvalue weighted by Crippen LogP contribution is 2.51. The van der Waals surface area contributed by atoms with Crippen molar-refractivity contribution in [2.24, 2.45) is 17.3 Å². The predicted octanol–water partition coefficient (Wildman–Crippen LogP) is 18.2. The van der Waals surface area contributed by atoms with Crippen molar-refractivity contribution in [3.8, 4) is 0 Å². The summed E-state index contributed by atoms with van der Waals surface area (Å²) >= 11 is 1.88. The number of fused-ring (bicyclic) bond motifs is 4. The summed E-state index contributed by atoms with van der Waals surface area (Å²) in [5, 5.41) is 0. The van der Waals surface area contributed by atoms with E-state index >= 15 is 9.59 Å². The van der Waals surface area contributed by atoms with Crippen molar-refractivity contribution in [3.63, 3.8) is 0 Å². The average molecular weight is 960 g/mol. The van der Waals surface area contributed by atoms with Gasteiger partial charge in [-0.05, 0) is 101 Å². The number of benzene rings is 4. The Bertz CT molecular complexity index is 2570. The highest BCUT2D eigenvalue weighted by Gasteiger charge is 2.43. The summed E-state index contributed by atoms with van der Waals surface area (Å²) in [6, 6.07) is 26.8. The van der Waals surface area contributed by atoms with E-state index in [1.54, 1.807) is 0 Å². The molecule has 0 radical (unpaired) electrons. The molecule has 5 nitrogen and oxygen atoms in total. The summed E-state index contributed by atoms with van der Waals surface area (Å²) in [5.74, 6) is 0.675. The first kappa shape index (κ1) is 53.0. The van der Waals surface area contributed by atoms with Crippen LogP contribution in [0.5, 0.6) is 0 Å². The van der Waals surface area contributed by atoms with Gasteiger partial charge in [-0.25, -0.2) is 0 Å². The quantitative estimate of drug-likeness (QED) is 0.0447. The van der Waals surface area contributed by atoms with E-state index in [-0.39, 0.29) is 22.6 Å². The van der Waals surface area contributed by atoms with Gasteiger partial charge in [0.05, 0.1) is 33.9 Å². The summed E-state index contributed by atoms with van der Waals surface area (Å²) in [4.78, 5) is 39.5. The Labute approximate surface area is 428 Å². The lowest BCUT2D eigenvalue weighted by Gasteiger charge is -2.33. The fourth-order valence-corrected chi connectivity index (χ4v) is 11.6. The van der Waals surface area contributed by atoms with Crippen LogP contribution in [0, 0.1) is 17.3 Å². The molecule has 0 aromatic heterocycles. The van der Waals surface area contributed by atoms with E-state index in [4.69, 9.17) is 0 Å². The smallest absolute Gasteiger partial charge is 0.259 e. The van der Waals surface area contributed by atoms with Gasteiger partial charge in [0.25, 0.3) is 11.8 Å². The van der Waals surface area contributed by atoms with Crippen LogP contribution in [0.1, 0.15) is 199 Å². The van der Waals surface area contributed by atoms with Crippen LogP contribution in [0.25, 0.3) is 29.4 Å². The van der Waals surface area contributed by atoms with Gasteiger partial charge in [0, 0.05) is 40.6 Å². The van der Waals surface area contributed by atoms with Crippen LogP contribution in [-0.2, 0) is 15.0 Å². The third-order valence-electron chi connectivity index (χ3n) is 14.9. The lowest BCUT2D eigenvalue weighted by Crippen LogP contribution is -2.34. The number of carbonyl (C=O) groups excluding carboxylic acids is 2. The van der Waals surface area contributed by atoms with Gasteiger partial charge in [-0.2, -0.15) is 0 Å². The van der Waals surface area contributed by atoms with Crippen LogP contribution in [-0.4, -0.2) is 31.4 Å². The molecule has 4 aromatic rings. The first-order chi connectivity index (χ1) is 33.6. The van der Waals surface area contributed by atoms with Gasteiger partial charge < -0.3 is 14.7 Å². The first-order valence-electron chi connectivity index (χ1n) is 27.4. The number of anilines is 4. The Morgan fingerprint density at radius 1 is 0.500 bits per heavy atom. The van der Waals surface area contributed by atoms with Gasteiger partial charge in [-0.3, -0.25) is 9.59 Å². The number of hydrogen-bond donors (Lipinski definition) is 0. The number of unbranched alkanes of at least 4 members (excludes halogenated alkanes) is 7. The fourth-order valence-electron chi connectivity index (χ4n) is 10.4. The van der Waals surface area contributed by atoms with E-state index in [2.05, 4.69) is 178 Å². The Morgan fingerprint density at radius 3 is 1.49 bits per heavy atom. The zero-order chi connectivity index (χ0) is 50.2. The number of hydrogen-bond acceptors (Lipinski definition) is 4. The van der Waals surface area contributed by atoms with Gasteiger partial charge in [-0.15, -0.1) is 0 Å². The molecule has 2 atom stereocenters. The molecular formula is C64H85N3O2S. The Morgan fingerprint density at radius 2 is 0.971 bits per heavy atom. The zero-order valence-electron chi connectivity index (χ0n) is 45.0. The van der Waals surface area contributed by atoms with E-state index in [0.717, 1.165) is 91.5 Å². The molecule has 0 spiro atoms. The van der Waals surface area contributed by atoms with Crippen molar-refractivity contribution in [2.75, 3.05) is 34.3 Å². The maximum Gasteiger partial charge on any atom is 0.259 e. The molecule has 3 heterocycles. The molecule has 374 valence electrons. The molecule has 70 heavy (non-hydrogen) atoms. The zero-order valence-corrected chi connectivity index (χ0v) is 45.8. The van der Waals surface area contributed by atoms with Crippen molar-refractivity contribution in [1.82, 2.24) is 0 Å². The van der Waals surface area contributed by atoms with E-state index < -0.39 is 0 Å². The molecule has 0 fully saturated rings. The maximum atomic E-state index is 15.2. The van der Waals surface area contributed by atoms with E-state index in [1.165, 1.54) is 70.8 Å². The Kier molecular flexibility index (Phi) is 17.9. The monoisotopic (exact) mass is 960 g/mol. The molecule has 0 aliphatic carbocycles. The van der Waals surface area contributed by atoms with Gasteiger partial charge >= 0.3 is 0 Å². The summed E-state index contributed by atoms with van der Waals surface area (Å²) in [6.07, 6.45) is 25.3. The highest BCUT2D eigenvalue weighted by molar-refractivity contribution is 7.99. The van der Waals surface area contributed by atoms with Crippen molar-refractivity contribution >= 4 is 75.7 Å². The number of carbonyl (C=O) groups is 2. The molecule has 3 aliphatic heterocycles. The second-order valence-electron chi connectivity index (χ2n) is 22.7. The third kappa shape index (κ3) is 12.4. The molecule has 4 aromatic carbocycles. The predicted molar refractivity (Wildman–Crippen MR) is 305 cm³/mol. The van der Waals surface area contributed by atoms with Crippen LogP contribution < -0.4 is 14.7 Å². The SMILES string of the molecule is CCCCCCCCN1c2ccc(C=Cc3ccc4c(c3)N(CC(CC)CCCC)C(=O)C4=C3C(=O)N(CC(CC)CCCC)c4cc(C(C)(C)C)ccc43)cc2Sc2cc(C=CC(C)(C)C)ccc21. The Hall–Kier alpha value is -4.81. The maximum absolute atomic E-state index is 15.2. The van der Waals surface area contributed by atoms with E-state index in [1.807, 2.05) is 21.6 Å².